The summed E-state index contributed by atoms with van der Waals surface area (Å²) in [5.74, 6) is 0.737. The molecule has 1 aromatic heterocycles. The average Bonchev–Trinajstić information content (AvgIpc) is 3.13. The van der Waals surface area contributed by atoms with Gasteiger partial charge in [-0.25, -0.2) is 4.98 Å². The van der Waals surface area contributed by atoms with Gasteiger partial charge >= 0.3 is 0 Å². The number of oxazole rings is 1. The van der Waals surface area contributed by atoms with E-state index in [1.54, 1.807) is 12.4 Å². The van der Waals surface area contributed by atoms with Gasteiger partial charge in [-0.2, -0.15) is 5.10 Å². The molecule has 0 saturated carbocycles. The van der Waals surface area contributed by atoms with Gasteiger partial charge in [0.05, 0.1) is 18.1 Å². The summed E-state index contributed by atoms with van der Waals surface area (Å²) in [5, 5.41) is 8.05. The molecule has 5 nitrogen and oxygen atoms in total. The highest BCUT2D eigenvalue weighted by Gasteiger charge is 2.01. The molecule has 1 heterocycles. The average molecular weight is 341 g/mol. The Balaban J connectivity index is 1.63. The molecule has 0 unspecified atom stereocenters. The van der Waals surface area contributed by atoms with Crippen molar-refractivity contribution in [2.45, 2.75) is 6.54 Å². The van der Waals surface area contributed by atoms with Crippen molar-refractivity contribution in [2.75, 3.05) is 12.5 Å². The van der Waals surface area contributed by atoms with Gasteiger partial charge in [0.25, 0.3) is 0 Å². The molecule has 0 aliphatic heterocycles. The summed E-state index contributed by atoms with van der Waals surface area (Å²) in [6.45, 7) is 0.742. The second-order valence-electron chi connectivity index (χ2n) is 5.19. The maximum absolute atomic E-state index is 6.23. The Hall–Kier alpha value is -2.63. The Morgan fingerprint density at radius 3 is 2.71 bits per heavy atom. The van der Waals surface area contributed by atoms with Crippen LogP contribution in [0.25, 0.3) is 11.3 Å². The first-order valence-corrected chi connectivity index (χ1v) is 7.85. The van der Waals surface area contributed by atoms with Gasteiger partial charge in [0, 0.05) is 17.1 Å². The molecule has 2 N–H and O–H groups in total. The number of hydrogen-bond acceptors (Lipinski definition) is 5. The van der Waals surface area contributed by atoms with Crippen molar-refractivity contribution in [1.82, 2.24) is 10.3 Å². The largest absolute Gasteiger partial charge is 0.444 e. The van der Waals surface area contributed by atoms with Crippen LogP contribution in [-0.2, 0) is 6.54 Å². The van der Waals surface area contributed by atoms with Gasteiger partial charge in [-0.05, 0) is 48.5 Å². The number of halogens is 1. The van der Waals surface area contributed by atoms with Crippen LogP contribution < -0.4 is 10.7 Å². The van der Waals surface area contributed by atoms with E-state index in [4.69, 9.17) is 16.0 Å². The molecule has 0 fully saturated rings. The van der Waals surface area contributed by atoms with Crippen LogP contribution in [0.5, 0.6) is 0 Å². The smallest absolute Gasteiger partial charge is 0.181 e. The second-order valence-corrected chi connectivity index (χ2v) is 5.60. The molecule has 3 rings (SSSR count). The third-order valence-electron chi connectivity index (χ3n) is 3.45. The number of nitrogens with one attached hydrogen (secondary N) is 2. The van der Waals surface area contributed by atoms with Crippen molar-refractivity contribution in [3.63, 3.8) is 0 Å². The fraction of sp³-hybridized carbons (Fsp3) is 0.111. The first kappa shape index (κ1) is 16.2. The lowest BCUT2D eigenvalue weighted by molar-refractivity contribution is 0.572. The molecule has 0 bridgehead atoms. The summed E-state index contributed by atoms with van der Waals surface area (Å²) in [5.41, 5.74) is 6.84. The number of rotatable bonds is 6. The topological polar surface area (TPSA) is 62.5 Å². The zero-order valence-electron chi connectivity index (χ0n) is 13.2. The normalized spacial score (nSPS) is 11.1. The van der Waals surface area contributed by atoms with Gasteiger partial charge in [0.2, 0.25) is 0 Å². The van der Waals surface area contributed by atoms with Crippen LogP contribution in [0, 0.1) is 0 Å². The van der Waals surface area contributed by atoms with E-state index in [1.165, 1.54) is 6.39 Å². The summed E-state index contributed by atoms with van der Waals surface area (Å²) in [7, 11) is 1.89. The predicted molar refractivity (Wildman–Crippen MR) is 97.4 cm³/mol. The number of benzene rings is 2. The molecule has 0 amide bonds. The lowest BCUT2D eigenvalue weighted by Gasteiger charge is -2.04. The Kier molecular flexibility index (Phi) is 5.25. The Labute approximate surface area is 145 Å². The molecular weight excluding hydrogens is 324 g/mol. The van der Waals surface area contributed by atoms with Gasteiger partial charge < -0.3 is 9.73 Å². The lowest BCUT2D eigenvalue weighted by Crippen LogP contribution is -2.05. The van der Waals surface area contributed by atoms with Gasteiger partial charge in [-0.1, -0.05) is 23.7 Å². The van der Waals surface area contributed by atoms with Crippen molar-refractivity contribution >= 4 is 23.5 Å². The molecule has 3 aromatic rings. The summed E-state index contributed by atoms with van der Waals surface area (Å²) in [4.78, 5) is 3.91. The van der Waals surface area contributed by atoms with Crippen molar-refractivity contribution < 1.29 is 4.42 Å². The summed E-state index contributed by atoms with van der Waals surface area (Å²) < 4.78 is 5.26. The van der Waals surface area contributed by atoms with E-state index < -0.39 is 0 Å². The van der Waals surface area contributed by atoms with E-state index in [0.29, 0.717) is 0 Å². The third kappa shape index (κ3) is 4.01. The highest BCUT2D eigenvalue weighted by Crippen LogP contribution is 2.21. The lowest BCUT2D eigenvalue weighted by atomic mass is 10.1. The zero-order valence-corrected chi connectivity index (χ0v) is 13.9. The Bertz CT molecular complexity index is 814. The molecule has 0 saturated heterocycles. The van der Waals surface area contributed by atoms with E-state index in [0.717, 1.165) is 39.7 Å². The van der Waals surface area contributed by atoms with E-state index in [2.05, 4.69) is 20.8 Å². The van der Waals surface area contributed by atoms with Crippen LogP contribution in [0.1, 0.15) is 11.1 Å². The van der Waals surface area contributed by atoms with Gasteiger partial charge in [0.1, 0.15) is 0 Å². The first-order valence-electron chi connectivity index (χ1n) is 7.47. The molecular formula is C18H17ClN4O. The first-order chi connectivity index (χ1) is 11.8. The van der Waals surface area contributed by atoms with Gasteiger partial charge in [-0.3, -0.25) is 5.43 Å². The molecule has 2 aromatic carbocycles. The van der Waals surface area contributed by atoms with Crippen LogP contribution in [-0.4, -0.2) is 18.2 Å². The van der Waals surface area contributed by atoms with E-state index in [1.807, 2.05) is 49.5 Å². The highest BCUT2D eigenvalue weighted by molar-refractivity contribution is 6.31. The number of aromatic nitrogens is 1. The Morgan fingerprint density at radius 2 is 2.04 bits per heavy atom. The summed E-state index contributed by atoms with van der Waals surface area (Å²) >= 11 is 6.23. The molecule has 0 aliphatic carbocycles. The van der Waals surface area contributed by atoms with Crippen LogP contribution in [0.3, 0.4) is 0 Å². The van der Waals surface area contributed by atoms with Crippen LogP contribution >= 0.6 is 11.6 Å². The minimum atomic E-state index is 0.727. The SMILES string of the molecule is CNCc1ccc(C=NNc2ccc(-c3cnco3)cc2)cc1Cl. The summed E-state index contributed by atoms with van der Waals surface area (Å²) in [6.07, 6.45) is 4.83. The predicted octanol–water partition coefficient (Wildman–Crippen LogP) is 4.16. The second kappa shape index (κ2) is 7.77. The third-order valence-corrected chi connectivity index (χ3v) is 3.81. The van der Waals surface area contributed by atoms with E-state index in [9.17, 15) is 0 Å². The van der Waals surface area contributed by atoms with Gasteiger partial charge in [-0.15, -0.1) is 0 Å². The molecule has 0 aliphatic rings. The molecule has 122 valence electrons. The van der Waals surface area contributed by atoms with Crippen molar-refractivity contribution in [2.24, 2.45) is 5.10 Å². The Morgan fingerprint density at radius 1 is 1.21 bits per heavy atom. The molecule has 0 atom stereocenters. The molecule has 6 heteroatoms. The van der Waals surface area contributed by atoms with Crippen molar-refractivity contribution in [3.05, 3.63) is 71.2 Å². The van der Waals surface area contributed by atoms with Crippen LogP contribution in [0.4, 0.5) is 5.69 Å². The minimum Gasteiger partial charge on any atom is -0.444 e. The van der Waals surface area contributed by atoms with E-state index in [-0.39, 0.29) is 0 Å². The summed E-state index contributed by atoms with van der Waals surface area (Å²) in [6, 6.07) is 13.6. The fourth-order valence-electron chi connectivity index (χ4n) is 2.23. The molecule has 0 radical (unpaired) electrons. The number of hydrazone groups is 1. The number of nitrogens with zero attached hydrogens (tertiary/aromatic N) is 2. The quantitative estimate of drug-likeness (QED) is 0.522. The van der Waals surface area contributed by atoms with Crippen LogP contribution in [0.2, 0.25) is 5.02 Å². The number of anilines is 1. The standard InChI is InChI=1S/C18H17ClN4O/c1-20-10-15-3-2-13(8-17(15)19)9-22-23-16-6-4-14(5-7-16)18-11-21-12-24-18/h2-9,11-12,20,23H,10H2,1H3. The maximum Gasteiger partial charge on any atom is 0.181 e. The molecule has 24 heavy (non-hydrogen) atoms. The zero-order chi connectivity index (χ0) is 16.8. The highest BCUT2D eigenvalue weighted by atomic mass is 35.5. The van der Waals surface area contributed by atoms with Crippen molar-refractivity contribution in [3.8, 4) is 11.3 Å². The molecule has 0 spiro atoms. The fourth-order valence-corrected chi connectivity index (χ4v) is 2.48. The monoisotopic (exact) mass is 340 g/mol. The van der Waals surface area contributed by atoms with Crippen molar-refractivity contribution in [1.29, 1.82) is 0 Å². The van der Waals surface area contributed by atoms with E-state index >= 15 is 0 Å². The maximum atomic E-state index is 6.23. The minimum absolute atomic E-state index is 0.727. The van der Waals surface area contributed by atoms with Crippen LogP contribution in [0.15, 0.2) is 64.6 Å². The van der Waals surface area contributed by atoms with Gasteiger partial charge in [0.15, 0.2) is 12.2 Å². The number of hydrogen-bond donors (Lipinski definition) is 2.